The van der Waals surface area contributed by atoms with E-state index in [1.165, 1.54) is 0 Å². The van der Waals surface area contributed by atoms with Gasteiger partial charge in [0.05, 0.1) is 16.9 Å². The zero-order chi connectivity index (χ0) is 17.5. The van der Waals surface area contributed by atoms with E-state index in [0.717, 1.165) is 11.3 Å². The molecule has 2 aromatic carbocycles. The number of amides is 1. The monoisotopic (exact) mass is 355 g/mol. The zero-order valence-electron chi connectivity index (χ0n) is 13.6. The van der Waals surface area contributed by atoms with Crippen molar-refractivity contribution in [1.82, 2.24) is 15.1 Å². The Morgan fingerprint density at radius 1 is 1.12 bits per heavy atom. The lowest BCUT2D eigenvalue weighted by molar-refractivity contribution is -0.123. The van der Waals surface area contributed by atoms with Gasteiger partial charge in [-0.25, -0.2) is 4.68 Å². The van der Waals surface area contributed by atoms with Gasteiger partial charge in [0.2, 0.25) is 0 Å². The van der Waals surface area contributed by atoms with Gasteiger partial charge in [-0.2, -0.15) is 5.10 Å². The van der Waals surface area contributed by atoms with Crippen molar-refractivity contribution in [3.63, 3.8) is 0 Å². The van der Waals surface area contributed by atoms with Crippen LogP contribution in [0.25, 0.3) is 5.69 Å². The van der Waals surface area contributed by atoms with Gasteiger partial charge in [-0.05, 0) is 36.2 Å². The molecule has 0 bridgehead atoms. The third kappa shape index (κ3) is 4.84. The van der Waals surface area contributed by atoms with Crippen molar-refractivity contribution in [3.8, 4) is 11.4 Å². The Morgan fingerprint density at radius 2 is 1.88 bits per heavy atom. The molecule has 128 valence electrons. The van der Waals surface area contributed by atoms with Crippen LogP contribution < -0.4 is 10.1 Å². The van der Waals surface area contributed by atoms with Gasteiger partial charge >= 0.3 is 0 Å². The van der Waals surface area contributed by atoms with Crippen LogP contribution in [0.4, 0.5) is 0 Å². The van der Waals surface area contributed by atoms with Crippen molar-refractivity contribution < 1.29 is 9.53 Å². The minimum Gasteiger partial charge on any atom is -0.482 e. The van der Waals surface area contributed by atoms with E-state index >= 15 is 0 Å². The van der Waals surface area contributed by atoms with Crippen LogP contribution in [0.3, 0.4) is 0 Å². The highest BCUT2D eigenvalue weighted by molar-refractivity contribution is 6.32. The van der Waals surface area contributed by atoms with Crippen LogP contribution in [0, 0.1) is 0 Å². The molecule has 3 aromatic rings. The summed E-state index contributed by atoms with van der Waals surface area (Å²) in [6.45, 7) is 0.457. The molecule has 25 heavy (non-hydrogen) atoms. The molecule has 1 heterocycles. The lowest BCUT2D eigenvalue weighted by atomic mass is 10.2. The van der Waals surface area contributed by atoms with Gasteiger partial charge in [-0.3, -0.25) is 4.79 Å². The maximum Gasteiger partial charge on any atom is 0.257 e. The van der Waals surface area contributed by atoms with E-state index in [2.05, 4.69) is 10.4 Å². The normalized spacial score (nSPS) is 10.4. The molecule has 0 spiro atoms. The van der Waals surface area contributed by atoms with Crippen LogP contribution >= 0.6 is 11.6 Å². The molecule has 5 nitrogen and oxygen atoms in total. The average Bonchev–Trinajstić information content (AvgIpc) is 3.11. The molecule has 1 amide bonds. The molecule has 0 radical (unpaired) electrons. The van der Waals surface area contributed by atoms with Gasteiger partial charge in [-0.15, -0.1) is 0 Å². The van der Waals surface area contributed by atoms with Gasteiger partial charge in [0, 0.05) is 12.7 Å². The average molecular weight is 356 g/mol. The number of para-hydroxylation sites is 2. The smallest absolute Gasteiger partial charge is 0.257 e. The Hall–Kier alpha value is -2.79. The van der Waals surface area contributed by atoms with Crippen LogP contribution in [-0.2, 0) is 11.2 Å². The summed E-state index contributed by atoms with van der Waals surface area (Å²) in [6, 6.07) is 17.0. The van der Waals surface area contributed by atoms with Crippen LogP contribution in [0.2, 0.25) is 5.02 Å². The van der Waals surface area contributed by atoms with Crippen molar-refractivity contribution in [1.29, 1.82) is 0 Å². The topological polar surface area (TPSA) is 56.1 Å². The third-order valence-corrected chi connectivity index (χ3v) is 3.90. The Morgan fingerprint density at radius 3 is 2.68 bits per heavy atom. The van der Waals surface area contributed by atoms with Crippen molar-refractivity contribution in [2.45, 2.75) is 6.42 Å². The van der Waals surface area contributed by atoms with Crippen LogP contribution in [0.1, 0.15) is 5.56 Å². The van der Waals surface area contributed by atoms with E-state index in [4.69, 9.17) is 16.3 Å². The Kier molecular flexibility index (Phi) is 5.69. The highest BCUT2D eigenvalue weighted by Gasteiger charge is 2.06. The lowest BCUT2D eigenvalue weighted by Crippen LogP contribution is -2.30. The van der Waals surface area contributed by atoms with E-state index in [1.54, 1.807) is 18.3 Å². The number of aromatic nitrogens is 2. The summed E-state index contributed by atoms with van der Waals surface area (Å²) in [5.74, 6) is 0.318. The highest BCUT2D eigenvalue weighted by atomic mass is 35.5. The van der Waals surface area contributed by atoms with E-state index < -0.39 is 0 Å². The molecule has 0 saturated heterocycles. The molecule has 0 unspecified atom stereocenters. The largest absolute Gasteiger partial charge is 0.482 e. The standard InChI is InChI=1S/C19H18ClN3O2/c20-17-8-4-5-9-18(17)25-14-19(24)21-11-10-15-12-22-23(13-15)16-6-2-1-3-7-16/h1-9,12-13H,10-11,14H2,(H,21,24). The van der Waals surface area contributed by atoms with E-state index in [-0.39, 0.29) is 12.5 Å². The zero-order valence-corrected chi connectivity index (χ0v) is 14.3. The molecule has 6 heteroatoms. The summed E-state index contributed by atoms with van der Waals surface area (Å²) in [6.07, 6.45) is 4.46. The minimum atomic E-state index is -0.185. The summed E-state index contributed by atoms with van der Waals surface area (Å²) in [4.78, 5) is 11.8. The van der Waals surface area contributed by atoms with Crippen molar-refractivity contribution in [2.24, 2.45) is 0 Å². The fraction of sp³-hybridized carbons (Fsp3) is 0.158. The van der Waals surface area contributed by atoms with Gasteiger partial charge in [0.25, 0.3) is 5.91 Å². The number of carbonyl (C=O) groups excluding carboxylic acids is 1. The molecule has 0 aliphatic rings. The van der Waals surface area contributed by atoms with Crippen molar-refractivity contribution in [3.05, 3.63) is 77.6 Å². The van der Waals surface area contributed by atoms with E-state index in [9.17, 15) is 4.79 Å². The Bertz CT molecular complexity index is 833. The first kappa shape index (κ1) is 17.0. The molecular weight excluding hydrogens is 338 g/mol. The van der Waals surface area contributed by atoms with Crippen LogP contribution in [-0.4, -0.2) is 28.8 Å². The first-order valence-electron chi connectivity index (χ1n) is 7.95. The molecule has 0 aliphatic carbocycles. The predicted octanol–water partition coefficient (Wildman–Crippen LogP) is 3.26. The maximum absolute atomic E-state index is 11.8. The van der Waals surface area contributed by atoms with Gasteiger partial charge < -0.3 is 10.1 Å². The second-order valence-corrected chi connectivity index (χ2v) is 5.85. The predicted molar refractivity (Wildman–Crippen MR) is 97.2 cm³/mol. The Labute approximate surface area is 151 Å². The summed E-state index contributed by atoms with van der Waals surface area (Å²) < 4.78 is 7.22. The lowest BCUT2D eigenvalue weighted by Gasteiger charge is -2.08. The quantitative estimate of drug-likeness (QED) is 0.707. The first-order chi connectivity index (χ1) is 12.2. The van der Waals surface area contributed by atoms with Crippen molar-refractivity contribution >= 4 is 17.5 Å². The van der Waals surface area contributed by atoms with Gasteiger partial charge in [-0.1, -0.05) is 41.9 Å². The number of hydrogen-bond donors (Lipinski definition) is 1. The second-order valence-electron chi connectivity index (χ2n) is 5.45. The number of nitrogens with one attached hydrogen (secondary N) is 1. The third-order valence-electron chi connectivity index (χ3n) is 3.59. The Balaban J connectivity index is 1.43. The highest BCUT2D eigenvalue weighted by Crippen LogP contribution is 2.22. The summed E-state index contributed by atoms with van der Waals surface area (Å²) in [7, 11) is 0. The number of nitrogens with zero attached hydrogens (tertiary/aromatic N) is 2. The molecule has 1 aromatic heterocycles. The fourth-order valence-corrected chi connectivity index (χ4v) is 2.50. The van der Waals surface area contributed by atoms with Crippen LogP contribution in [0.5, 0.6) is 5.75 Å². The fourth-order valence-electron chi connectivity index (χ4n) is 2.31. The maximum atomic E-state index is 11.8. The van der Waals surface area contributed by atoms with Crippen LogP contribution in [0.15, 0.2) is 67.0 Å². The molecule has 0 fully saturated rings. The second kappa shape index (κ2) is 8.35. The van der Waals surface area contributed by atoms with Gasteiger partial charge in [0.15, 0.2) is 6.61 Å². The number of halogens is 1. The SMILES string of the molecule is O=C(COc1ccccc1Cl)NCCc1cnn(-c2ccccc2)c1. The molecular formula is C19H18ClN3O2. The van der Waals surface area contributed by atoms with E-state index in [0.29, 0.717) is 23.7 Å². The summed E-state index contributed by atoms with van der Waals surface area (Å²) in [5.41, 5.74) is 2.06. The molecule has 0 saturated carbocycles. The number of ether oxygens (including phenoxy) is 1. The minimum absolute atomic E-state index is 0.0625. The van der Waals surface area contributed by atoms with Crippen molar-refractivity contribution in [2.75, 3.05) is 13.2 Å². The molecule has 0 atom stereocenters. The summed E-state index contributed by atoms with van der Waals surface area (Å²) >= 11 is 5.98. The van der Waals surface area contributed by atoms with Gasteiger partial charge in [0.1, 0.15) is 5.75 Å². The number of hydrogen-bond acceptors (Lipinski definition) is 3. The molecule has 1 N–H and O–H groups in total. The number of carbonyl (C=O) groups is 1. The number of benzene rings is 2. The molecule has 0 aliphatic heterocycles. The number of rotatable bonds is 7. The summed E-state index contributed by atoms with van der Waals surface area (Å²) in [5, 5.41) is 7.65. The molecule has 3 rings (SSSR count). The first-order valence-corrected chi connectivity index (χ1v) is 8.33. The van der Waals surface area contributed by atoms with E-state index in [1.807, 2.05) is 53.3 Å².